The van der Waals surface area contributed by atoms with Crippen molar-refractivity contribution < 1.29 is 18.0 Å². The van der Waals surface area contributed by atoms with E-state index in [0.29, 0.717) is 19.5 Å². The normalized spacial score (nSPS) is 14.5. The summed E-state index contributed by atoms with van der Waals surface area (Å²) in [6.45, 7) is 6.72. The summed E-state index contributed by atoms with van der Waals surface area (Å²) in [4.78, 5) is 29.1. The third-order valence-electron chi connectivity index (χ3n) is 5.12. The molecule has 1 aromatic heterocycles. The molecular formula is C22H27N3O4S2. The van der Waals surface area contributed by atoms with Crippen molar-refractivity contribution in [1.82, 2.24) is 14.9 Å². The van der Waals surface area contributed by atoms with Gasteiger partial charge in [0.2, 0.25) is 15.9 Å². The number of carbonyl (C=O) groups is 2. The number of carbonyl (C=O) groups excluding carboxylic acids is 2. The summed E-state index contributed by atoms with van der Waals surface area (Å²) < 4.78 is 27.0. The first-order valence-electron chi connectivity index (χ1n) is 10.2. The maximum absolute atomic E-state index is 13.1. The van der Waals surface area contributed by atoms with Crippen LogP contribution in [-0.2, 0) is 27.8 Å². The fourth-order valence-electron chi connectivity index (χ4n) is 3.50. The summed E-state index contributed by atoms with van der Waals surface area (Å²) in [7, 11) is -3.75. The monoisotopic (exact) mass is 461 g/mol. The van der Waals surface area contributed by atoms with Gasteiger partial charge in [0, 0.05) is 30.1 Å². The van der Waals surface area contributed by atoms with Gasteiger partial charge in [0.15, 0.2) is 0 Å². The second-order valence-electron chi connectivity index (χ2n) is 7.36. The Morgan fingerprint density at radius 3 is 2.87 bits per heavy atom. The Bertz CT molecular complexity index is 1060. The SMILES string of the molecule is C=CCNS(=O)(=O)c1cccc(C(=O)NC(CCC)C(=O)N2CCc3sccc3C2)c1. The summed E-state index contributed by atoms with van der Waals surface area (Å²) in [6, 6.07) is 7.16. The van der Waals surface area contributed by atoms with Crippen LogP contribution in [0.4, 0.5) is 0 Å². The van der Waals surface area contributed by atoms with Gasteiger partial charge in [-0.15, -0.1) is 17.9 Å². The van der Waals surface area contributed by atoms with Crippen molar-refractivity contribution in [3.63, 3.8) is 0 Å². The van der Waals surface area contributed by atoms with Gasteiger partial charge in [0.1, 0.15) is 6.04 Å². The molecule has 0 radical (unpaired) electrons. The van der Waals surface area contributed by atoms with Crippen LogP contribution in [0.15, 0.2) is 53.3 Å². The molecule has 0 bridgehead atoms. The number of amides is 2. The molecule has 7 nitrogen and oxygen atoms in total. The zero-order valence-electron chi connectivity index (χ0n) is 17.5. The fraction of sp³-hybridized carbons (Fsp3) is 0.364. The van der Waals surface area contributed by atoms with Crippen molar-refractivity contribution in [3.05, 3.63) is 64.4 Å². The van der Waals surface area contributed by atoms with E-state index in [1.807, 2.05) is 18.4 Å². The van der Waals surface area contributed by atoms with Crippen LogP contribution < -0.4 is 10.0 Å². The number of sulfonamides is 1. The highest BCUT2D eigenvalue weighted by molar-refractivity contribution is 7.89. The molecule has 9 heteroatoms. The first-order chi connectivity index (χ1) is 14.9. The van der Waals surface area contributed by atoms with E-state index in [1.54, 1.807) is 16.2 Å². The lowest BCUT2D eigenvalue weighted by Crippen LogP contribution is -2.49. The summed E-state index contributed by atoms with van der Waals surface area (Å²) >= 11 is 1.71. The summed E-state index contributed by atoms with van der Waals surface area (Å²) in [5.41, 5.74) is 1.35. The van der Waals surface area contributed by atoms with E-state index in [2.05, 4.69) is 16.6 Å². The topological polar surface area (TPSA) is 95.6 Å². The van der Waals surface area contributed by atoms with Crippen LogP contribution in [0.2, 0.25) is 0 Å². The second-order valence-corrected chi connectivity index (χ2v) is 10.1. The van der Waals surface area contributed by atoms with Crippen molar-refractivity contribution in [2.45, 2.75) is 43.7 Å². The van der Waals surface area contributed by atoms with Crippen LogP contribution in [0, 0.1) is 0 Å². The molecule has 166 valence electrons. The van der Waals surface area contributed by atoms with E-state index >= 15 is 0 Å². The van der Waals surface area contributed by atoms with Crippen molar-refractivity contribution >= 4 is 33.2 Å². The minimum absolute atomic E-state index is 0.0126. The number of hydrogen-bond acceptors (Lipinski definition) is 5. The molecule has 1 unspecified atom stereocenters. The van der Waals surface area contributed by atoms with E-state index in [-0.39, 0.29) is 22.9 Å². The standard InChI is InChI=1S/C22H27N3O4S2/c1-3-6-19(22(27)25-12-9-20-17(15-25)10-13-30-20)24-21(26)16-7-5-8-18(14-16)31(28,29)23-11-4-2/h4-5,7-8,10,13-14,19,23H,2-3,6,9,11-12,15H2,1H3,(H,24,26). The number of rotatable bonds is 9. The largest absolute Gasteiger partial charge is 0.340 e. The van der Waals surface area contributed by atoms with Crippen LogP contribution in [0.25, 0.3) is 0 Å². The average Bonchev–Trinajstić information content (AvgIpc) is 3.25. The fourth-order valence-corrected chi connectivity index (χ4v) is 5.43. The van der Waals surface area contributed by atoms with Gasteiger partial charge < -0.3 is 10.2 Å². The second kappa shape index (κ2) is 10.2. The first-order valence-corrected chi connectivity index (χ1v) is 12.6. The molecule has 1 aromatic carbocycles. The first kappa shape index (κ1) is 23.2. The van der Waals surface area contributed by atoms with Crippen LogP contribution >= 0.6 is 11.3 Å². The van der Waals surface area contributed by atoms with Gasteiger partial charge >= 0.3 is 0 Å². The molecule has 2 heterocycles. The van der Waals surface area contributed by atoms with Crippen LogP contribution in [0.5, 0.6) is 0 Å². The lowest BCUT2D eigenvalue weighted by Gasteiger charge is -2.31. The predicted octanol–water partition coefficient (Wildman–Crippen LogP) is 2.70. The van der Waals surface area contributed by atoms with Gasteiger partial charge in [-0.25, -0.2) is 13.1 Å². The van der Waals surface area contributed by atoms with Gasteiger partial charge in [-0.2, -0.15) is 0 Å². The van der Waals surface area contributed by atoms with Gasteiger partial charge in [-0.05, 0) is 48.1 Å². The number of benzene rings is 1. The minimum atomic E-state index is -3.75. The van der Waals surface area contributed by atoms with E-state index in [1.165, 1.54) is 35.2 Å². The van der Waals surface area contributed by atoms with Crippen LogP contribution in [-0.4, -0.2) is 44.3 Å². The summed E-state index contributed by atoms with van der Waals surface area (Å²) in [6.07, 6.45) is 3.50. The summed E-state index contributed by atoms with van der Waals surface area (Å²) in [5, 5.41) is 4.85. The maximum atomic E-state index is 13.1. The molecule has 2 aromatic rings. The number of fused-ring (bicyclic) bond motifs is 1. The third kappa shape index (κ3) is 5.61. The number of thiophene rings is 1. The van der Waals surface area contributed by atoms with Crippen molar-refractivity contribution in [3.8, 4) is 0 Å². The lowest BCUT2D eigenvalue weighted by atomic mass is 10.1. The van der Waals surface area contributed by atoms with E-state index in [4.69, 9.17) is 0 Å². The Balaban J connectivity index is 1.73. The molecule has 2 amide bonds. The molecule has 0 saturated carbocycles. The van der Waals surface area contributed by atoms with Gasteiger partial charge in [-0.1, -0.05) is 25.5 Å². The van der Waals surface area contributed by atoms with Gasteiger partial charge in [-0.3, -0.25) is 9.59 Å². The predicted molar refractivity (Wildman–Crippen MR) is 121 cm³/mol. The average molecular weight is 462 g/mol. The van der Waals surface area contributed by atoms with E-state index in [0.717, 1.165) is 18.4 Å². The zero-order valence-corrected chi connectivity index (χ0v) is 19.1. The molecule has 1 aliphatic rings. The Hall–Kier alpha value is -2.49. The Kier molecular flexibility index (Phi) is 7.64. The Labute approximate surface area is 187 Å². The highest BCUT2D eigenvalue weighted by Crippen LogP contribution is 2.24. The number of nitrogens with one attached hydrogen (secondary N) is 2. The molecule has 0 fully saturated rings. The molecular weight excluding hydrogens is 434 g/mol. The maximum Gasteiger partial charge on any atom is 0.251 e. The van der Waals surface area contributed by atoms with Gasteiger partial charge in [0.25, 0.3) is 5.91 Å². The van der Waals surface area contributed by atoms with Crippen molar-refractivity contribution in [1.29, 1.82) is 0 Å². The third-order valence-corrected chi connectivity index (χ3v) is 7.57. The smallest absolute Gasteiger partial charge is 0.251 e. The molecule has 31 heavy (non-hydrogen) atoms. The highest BCUT2D eigenvalue weighted by Gasteiger charge is 2.29. The molecule has 0 saturated heterocycles. The Morgan fingerprint density at radius 2 is 2.13 bits per heavy atom. The quantitative estimate of drug-likeness (QED) is 0.561. The minimum Gasteiger partial charge on any atom is -0.340 e. The molecule has 1 aliphatic heterocycles. The molecule has 2 N–H and O–H groups in total. The number of hydrogen-bond donors (Lipinski definition) is 2. The molecule has 0 aliphatic carbocycles. The number of nitrogens with zero attached hydrogens (tertiary/aromatic N) is 1. The van der Waals surface area contributed by atoms with Crippen molar-refractivity contribution in [2.24, 2.45) is 0 Å². The van der Waals surface area contributed by atoms with E-state index in [9.17, 15) is 18.0 Å². The zero-order chi connectivity index (χ0) is 22.4. The van der Waals surface area contributed by atoms with Gasteiger partial charge in [0.05, 0.1) is 4.90 Å². The summed E-state index contributed by atoms with van der Waals surface area (Å²) in [5.74, 6) is -0.579. The van der Waals surface area contributed by atoms with Crippen LogP contribution in [0.3, 0.4) is 0 Å². The Morgan fingerprint density at radius 1 is 1.32 bits per heavy atom. The molecule has 0 spiro atoms. The van der Waals surface area contributed by atoms with Crippen molar-refractivity contribution in [2.75, 3.05) is 13.1 Å². The molecule has 1 atom stereocenters. The molecule has 3 rings (SSSR count). The van der Waals surface area contributed by atoms with Crippen LogP contribution in [0.1, 0.15) is 40.6 Å². The highest BCUT2D eigenvalue weighted by atomic mass is 32.2. The van der Waals surface area contributed by atoms with E-state index < -0.39 is 22.0 Å². The lowest BCUT2D eigenvalue weighted by molar-refractivity contribution is -0.134.